The Morgan fingerprint density at radius 3 is 2.28 bits per heavy atom. The van der Waals surface area contributed by atoms with E-state index in [2.05, 4.69) is 54.6 Å². The Hall–Kier alpha value is -1.93. The van der Waals surface area contributed by atoms with Crippen molar-refractivity contribution in [3.05, 3.63) is 35.9 Å². The first-order chi connectivity index (χ1) is 16.9. The van der Waals surface area contributed by atoms with Crippen molar-refractivity contribution in [2.75, 3.05) is 38.7 Å². The van der Waals surface area contributed by atoms with Crippen LogP contribution < -0.4 is 5.32 Å². The summed E-state index contributed by atoms with van der Waals surface area (Å²) in [6, 6.07) is 10.7. The number of hydrogen-bond donors (Lipinski definition) is 1. The van der Waals surface area contributed by atoms with Gasteiger partial charge in [-0.15, -0.1) is 0 Å². The fraction of sp³-hybridized carbons (Fsp3) is 0.714. The second-order valence-corrected chi connectivity index (χ2v) is 14.6. The molecule has 0 radical (unpaired) electrons. The third-order valence-electron chi connectivity index (χ3n) is 9.22. The Morgan fingerprint density at radius 2 is 1.69 bits per heavy atom. The van der Waals surface area contributed by atoms with Crippen LogP contribution in [-0.4, -0.2) is 74.8 Å². The molecule has 1 aromatic carbocycles. The Bertz CT molecular complexity index is 1050. The maximum absolute atomic E-state index is 13.0. The van der Waals surface area contributed by atoms with Gasteiger partial charge in [0.05, 0.1) is 11.5 Å². The summed E-state index contributed by atoms with van der Waals surface area (Å²) < 4.78 is 23.4. The zero-order valence-corrected chi connectivity index (χ0v) is 23.2. The molecule has 0 bridgehead atoms. The summed E-state index contributed by atoms with van der Waals surface area (Å²) in [7, 11) is 1.37. The Balaban J connectivity index is 1.32. The minimum atomic E-state index is -2.95. The van der Waals surface area contributed by atoms with E-state index in [-0.39, 0.29) is 40.3 Å². The zero-order valence-electron chi connectivity index (χ0n) is 22.4. The maximum Gasteiger partial charge on any atom is 0.225 e. The van der Waals surface area contributed by atoms with Gasteiger partial charge in [0.2, 0.25) is 11.8 Å². The summed E-state index contributed by atoms with van der Waals surface area (Å²) in [5.41, 5.74) is 0.786. The van der Waals surface area contributed by atoms with Crippen LogP contribution in [0, 0.1) is 10.8 Å². The summed E-state index contributed by atoms with van der Waals surface area (Å²) in [5.74, 6) is 0.440. The van der Waals surface area contributed by atoms with Gasteiger partial charge < -0.3 is 10.2 Å². The van der Waals surface area contributed by atoms with E-state index < -0.39 is 15.3 Å². The second kappa shape index (κ2) is 10.1. The van der Waals surface area contributed by atoms with Crippen LogP contribution in [0.1, 0.15) is 70.8 Å². The highest BCUT2D eigenvalue weighted by Gasteiger charge is 2.50. The molecule has 0 unspecified atom stereocenters. The van der Waals surface area contributed by atoms with Crippen molar-refractivity contribution >= 4 is 21.7 Å². The number of rotatable bonds is 7. The van der Waals surface area contributed by atoms with Crippen molar-refractivity contribution in [2.45, 2.75) is 76.8 Å². The van der Waals surface area contributed by atoms with Gasteiger partial charge in [-0.25, -0.2) is 8.42 Å². The van der Waals surface area contributed by atoms with Crippen molar-refractivity contribution in [3.63, 3.8) is 0 Å². The average Bonchev–Trinajstić information content (AvgIpc) is 3.15. The summed E-state index contributed by atoms with van der Waals surface area (Å²) in [6.07, 6.45) is 6.29. The van der Waals surface area contributed by atoms with Gasteiger partial charge in [-0.1, -0.05) is 44.2 Å². The van der Waals surface area contributed by atoms with Crippen LogP contribution in [0.3, 0.4) is 0 Å². The third kappa shape index (κ3) is 5.64. The molecule has 8 heteroatoms. The number of nitrogens with zero attached hydrogens (tertiary/aromatic N) is 2. The van der Waals surface area contributed by atoms with E-state index in [1.807, 2.05) is 18.7 Å². The van der Waals surface area contributed by atoms with Crippen LogP contribution in [0.5, 0.6) is 0 Å². The molecule has 7 nitrogen and oxygen atoms in total. The highest BCUT2D eigenvalue weighted by atomic mass is 32.2. The first-order valence-electron chi connectivity index (χ1n) is 13.4. The molecule has 2 aliphatic heterocycles. The lowest BCUT2D eigenvalue weighted by Crippen LogP contribution is -2.48. The predicted octanol–water partition coefficient (Wildman–Crippen LogP) is 3.35. The lowest BCUT2D eigenvalue weighted by atomic mass is 9.64. The molecule has 1 aliphatic carbocycles. The highest BCUT2D eigenvalue weighted by molar-refractivity contribution is 7.91. The Kier molecular flexibility index (Phi) is 7.60. The average molecular weight is 518 g/mol. The van der Waals surface area contributed by atoms with Gasteiger partial charge in [-0.2, -0.15) is 0 Å². The molecule has 2 heterocycles. The van der Waals surface area contributed by atoms with Gasteiger partial charge >= 0.3 is 0 Å². The molecule has 1 N–H and O–H groups in total. The molecule has 1 spiro atoms. The van der Waals surface area contributed by atoms with E-state index in [0.717, 1.165) is 32.2 Å². The van der Waals surface area contributed by atoms with Gasteiger partial charge in [-0.3, -0.25) is 14.5 Å². The van der Waals surface area contributed by atoms with Gasteiger partial charge in [0, 0.05) is 36.5 Å². The smallest absolute Gasteiger partial charge is 0.225 e. The predicted molar refractivity (Wildman–Crippen MR) is 142 cm³/mol. The summed E-state index contributed by atoms with van der Waals surface area (Å²) in [4.78, 5) is 30.3. The topological polar surface area (TPSA) is 86.8 Å². The van der Waals surface area contributed by atoms with Crippen LogP contribution in [0.15, 0.2) is 30.3 Å². The van der Waals surface area contributed by atoms with Crippen LogP contribution >= 0.6 is 0 Å². The lowest BCUT2D eigenvalue weighted by molar-refractivity contribution is -0.133. The van der Waals surface area contributed by atoms with Crippen molar-refractivity contribution < 1.29 is 18.0 Å². The van der Waals surface area contributed by atoms with Gasteiger partial charge in [0.15, 0.2) is 0 Å². The molecule has 2 amide bonds. The summed E-state index contributed by atoms with van der Waals surface area (Å²) >= 11 is 0. The minimum Gasteiger partial charge on any atom is -0.353 e. The molecular formula is C28H43N3O4S. The largest absolute Gasteiger partial charge is 0.353 e. The Morgan fingerprint density at radius 1 is 1.08 bits per heavy atom. The van der Waals surface area contributed by atoms with Crippen molar-refractivity contribution in [1.29, 1.82) is 0 Å². The number of benzene rings is 1. The highest BCUT2D eigenvalue weighted by Crippen LogP contribution is 2.52. The first kappa shape index (κ1) is 27.1. The van der Waals surface area contributed by atoms with Crippen molar-refractivity contribution in [3.8, 4) is 0 Å². The molecule has 4 rings (SSSR count). The molecule has 36 heavy (non-hydrogen) atoms. The van der Waals surface area contributed by atoms with E-state index in [9.17, 15) is 18.0 Å². The third-order valence-corrected chi connectivity index (χ3v) is 10.9. The zero-order chi connectivity index (χ0) is 26.2. The fourth-order valence-corrected chi connectivity index (χ4v) is 7.89. The molecule has 1 aromatic rings. The molecule has 3 aliphatic rings. The van der Waals surface area contributed by atoms with Crippen LogP contribution in [-0.2, 0) is 25.0 Å². The molecule has 0 atom stereocenters. The van der Waals surface area contributed by atoms with Crippen LogP contribution in [0.25, 0.3) is 0 Å². The van der Waals surface area contributed by atoms with Gasteiger partial charge in [0.1, 0.15) is 9.84 Å². The number of nitrogens with one attached hydrogen (secondary N) is 1. The fourth-order valence-electron chi connectivity index (χ4n) is 6.40. The molecule has 2 saturated heterocycles. The molecule has 200 valence electrons. The van der Waals surface area contributed by atoms with E-state index in [4.69, 9.17) is 0 Å². The number of hydrogen-bond acceptors (Lipinski definition) is 5. The quantitative estimate of drug-likeness (QED) is 0.600. The summed E-state index contributed by atoms with van der Waals surface area (Å²) in [5, 5.41) is 3.06. The van der Waals surface area contributed by atoms with Gasteiger partial charge in [0.25, 0.3) is 0 Å². The lowest BCUT2D eigenvalue weighted by Gasteiger charge is -2.49. The summed E-state index contributed by atoms with van der Waals surface area (Å²) in [6.45, 7) is 5.20. The van der Waals surface area contributed by atoms with E-state index >= 15 is 0 Å². The van der Waals surface area contributed by atoms with E-state index in [0.29, 0.717) is 32.2 Å². The standard InChI is InChI=1S/C28H43N3O4S/c1-26(2,25(33)29-23-10-18-36(34,35)19-11-23)16-17-31-21-27(20-24(31)32)12-14-28(15-13-27,30(3)4)22-8-6-5-7-9-22/h5-9,23H,10-21H2,1-4H3,(H,29,33)/t27-,28-. The SMILES string of the molecule is CN(C)[C@]1(c2ccccc2)CC[C@@]2(CC1)CC(=O)N(CCC(C)(C)C(=O)NC1CCS(=O)(=O)CC1)C2. The second-order valence-electron chi connectivity index (χ2n) is 12.3. The number of amides is 2. The minimum absolute atomic E-state index is 0.0154. The number of carbonyl (C=O) groups excluding carboxylic acids is 2. The van der Waals surface area contributed by atoms with Crippen LogP contribution in [0.2, 0.25) is 0 Å². The monoisotopic (exact) mass is 517 g/mol. The van der Waals surface area contributed by atoms with E-state index in [1.165, 1.54) is 5.56 Å². The number of sulfone groups is 1. The molecule has 3 fully saturated rings. The maximum atomic E-state index is 13.0. The normalized spacial score (nSPS) is 26.5. The van der Waals surface area contributed by atoms with Crippen LogP contribution in [0.4, 0.5) is 0 Å². The van der Waals surface area contributed by atoms with Crippen molar-refractivity contribution in [2.24, 2.45) is 10.8 Å². The van der Waals surface area contributed by atoms with E-state index in [1.54, 1.807) is 0 Å². The molecule has 0 aromatic heterocycles. The van der Waals surface area contributed by atoms with Crippen molar-refractivity contribution in [1.82, 2.24) is 15.1 Å². The Labute approximate surface area is 216 Å². The number of carbonyl (C=O) groups is 2. The molecular weight excluding hydrogens is 474 g/mol. The molecule has 1 saturated carbocycles. The first-order valence-corrected chi connectivity index (χ1v) is 15.2. The van der Waals surface area contributed by atoms with Gasteiger partial charge in [-0.05, 0) is 70.0 Å². The number of likely N-dealkylation sites (tertiary alicyclic amines) is 1.